The van der Waals surface area contributed by atoms with E-state index in [2.05, 4.69) is 29.5 Å². The number of rotatable bonds is 17. The average Bonchev–Trinajstić information content (AvgIpc) is 3.95. The van der Waals surface area contributed by atoms with Gasteiger partial charge in [-0.3, -0.25) is 19.2 Å². The fourth-order valence-corrected chi connectivity index (χ4v) is 8.21. The topological polar surface area (TPSA) is 156 Å². The number of carbonyl (C=O) groups excluding carboxylic acids is 4. The van der Waals surface area contributed by atoms with E-state index in [0.717, 1.165) is 42.7 Å². The van der Waals surface area contributed by atoms with Crippen LogP contribution in [-0.2, 0) is 35.1 Å². The van der Waals surface area contributed by atoms with Crippen molar-refractivity contribution in [1.82, 2.24) is 25.4 Å². The summed E-state index contributed by atoms with van der Waals surface area (Å²) < 4.78 is 12.0. The molecule has 6 unspecified atom stereocenters. The van der Waals surface area contributed by atoms with E-state index in [-0.39, 0.29) is 54.7 Å². The van der Waals surface area contributed by atoms with Crippen molar-refractivity contribution >= 4 is 35.0 Å². The van der Waals surface area contributed by atoms with Crippen LogP contribution in [0.2, 0.25) is 0 Å². The van der Waals surface area contributed by atoms with Gasteiger partial charge in [0.25, 0.3) is 0 Å². The Hall–Kier alpha value is -3.39. The molecule has 2 aliphatic rings. The molecule has 0 radical (unpaired) electrons. The third-order valence-corrected chi connectivity index (χ3v) is 11.2. The van der Waals surface area contributed by atoms with Crippen LogP contribution < -0.4 is 16.4 Å². The third kappa shape index (κ3) is 12.6. The van der Waals surface area contributed by atoms with Gasteiger partial charge in [-0.05, 0) is 57.4 Å². The van der Waals surface area contributed by atoms with Crippen molar-refractivity contribution in [3.8, 4) is 0 Å². The Kier molecular flexibility index (Phi) is 17.8. The Morgan fingerprint density at radius 3 is 2.28 bits per heavy atom. The van der Waals surface area contributed by atoms with Gasteiger partial charge < -0.3 is 35.6 Å². The van der Waals surface area contributed by atoms with Gasteiger partial charge in [0.1, 0.15) is 5.01 Å². The first-order chi connectivity index (χ1) is 25.3. The van der Waals surface area contributed by atoms with Crippen molar-refractivity contribution < 1.29 is 28.7 Å². The first-order valence-corrected chi connectivity index (χ1v) is 20.1. The molecular weight excluding hydrogens is 693 g/mol. The zero-order valence-electron chi connectivity index (χ0n) is 33.1. The minimum absolute atomic E-state index is 0.0776. The lowest BCUT2D eigenvalue weighted by atomic mass is 9.89. The highest BCUT2D eigenvalue weighted by Crippen LogP contribution is 2.35. The molecule has 2 aromatic rings. The fraction of sp³-hybridized carbons (Fsp3) is 0.675. The Morgan fingerprint density at radius 2 is 1.72 bits per heavy atom. The highest BCUT2D eigenvalue weighted by Gasteiger charge is 2.43. The largest absolute Gasteiger partial charge is 0.379 e. The number of amides is 4. The van der Waals surface area contributed by atoms with Crippen molar-refractivity contribution in [3.63, 3.8) is 0 Å². The second-order valence-corrected chi connectivity index (χ2v) is 16.0. The highest BCUT2D eigenvalue weighted by molar-refractivity contribution is 7.09. The number of hydrogen-bond donors (Lipinski definition) is 3. The molecule has 296 valence electrons. The van der Waals surface area contributed by atoms with E-state index in [9.17, 15) is 19.2 Å². The molecule has 1 aliphatic carbocycles. The summed E-state index contributed by atoms with van der Waals surface area (Å²) in [6.45, 7) is 9.63. The number of benzene rings is 1. The molecule has 1 aromatic heterocycles. The van der Waals surface area contributed by atoms with Crippen molar-refractivity contribution in [3.05, 3.63) is 52.5 Å². The number of thiazole rings is 1. The van der Waals surface area contributed by atoms with E-state index in [1.54, 1.807) is 46.2 Å². The number of methoxy groups -OCH3 is 2. The maximum Gasteiger partial charge on any atom is 0.242 e. The second-order valence-electron chi connectivity index (χ2n) is 15.0. The molecule has 2 heterocycles. The van der Waals surface area contributed by atoms with Crippen LogP contribution in [0.4, 0.5) is 0 Å². The second kappa shape index (κ2) is 21.5. The zero-order valence-corrected chi connectivity index (χ0v) is 34.0. The average molecular weight is 757 g/mol. The van der Waals surface area contributed by atoms with Crippen LogP contribution in [0, 0.1) is 11.8 Å². The third-order valence-electron chi connectivity index (χ3n) is 10.3. The summed E-state index contributed by atoms with van der Waals surface area (Å²) in [6, 6.07) is 9.06. The number of nitrogens with two attached hydrogens (primary N) is 1. The predicted octanol–water partition coefficient (Wildman–Crippen LogP) is 4.88. The normalized spacial score (nSPS) is 19.0. The summed E-state index contributed by atoms with van der Waals surface area (Å²) in [5.41, 5.74) is 5.88. The number of likely N-dealkylation sites (tertiary alicyclic amines) is 1. The first-order valence-electron chi connectivity index (χ1n) is 19.2. The maximum absolute atomic E-state index is 14.1. The van der Waals surface area contributed by atoms with Gasteiger partial charge in [0.05, 0.1) is 54.8 Å². The number of ether oxygens (including phenoxy) is 2. The van der Waals surface area contributed by atoms with Crippen LogP contribution in [0.5, 0.6) is 0 Å². The zero-order chi connectivity index (χ0) is 39.1. The molecule has 1 saturated carbocycles. The molecule has 0 bridgehead atoms. The Bertz CT molecular complexity index is 1410. The summed E-state index contributed by atoms with van der Waals surface area (Å²) in [5.74, 6) is -1.32. The monoisotopic (exact) mass is 756 g/mol. The molecule has 1 aliphatic heterocycles. The molecule has 4 N–H and O–H groups in total. The summed E-state index contributed by atoms with van der Waals surface area (Å²) in [6.07, 6.45) is 8.04. The van der Waals surface area contributed by atoms with Crippen LogP contribution in [0.25, 0.3) is 0 Å². The van der Waals surface area contributed by atoms with Crippen molar-refractivity contribution in [1.29, 1.82) is 0 Å². The van der Waals surface area contributed by atoms with Gasteiger partial charge in [-0.1, -0.05) is 70.4 Å². The predicted molar refractivity (Wildman–Crippen MR) is 209 cm³/mol. The van der Waals surface area contributed by atoms with E-state index < -0.39 is 29.6 Å². The quantitative estimate of drug-likeness (QED) is 0.206. The molecule has 13 heteroatoms. The molecule has 2 fully saturated rings. The first kappa shape index (κ1) is 44.0. The summed E-state index contributed by atoms with van der Waals surface area (Å²) in [5, 5.41) is 8.60. The number of aromatic nitrogens is 1. The molecule has 1 saturated heterocycles. The van der Waals surface area contributed by atoms with E-state index in [4.69, 9.17) is 15.2 Å². The maximum atomic E-state index is 14.1. The number of nitrogens with zero attached hydrogens (tertiary/aromatic N) is 3. The summed E-state index contributed by atoms with van der Waals surface area (Å²) in [7, 11) is 4.90. The van der Waals surface area contributed by atoms with Crippen LogP contribution in [-0.4, -0.2) is 103 Å². The Labute approximate surface area is 320 Å². The van der Waals surface area contributed by atoms with Gasteiger partial charge in [0.2, 0.25) is 23.6 Å². The molecule has 12 nitrogen and oxygen atoms in total. The molecule has 0 spiro atoms. The van der Waals surface area contributed by atoms with E-state index in [0.29, 0.717) is 19.4 Å². The lowest BCUT2D eigenvalue weighted by molar-refractivity contribution is -0.146. The van der Waals surface area contributed by atoms with E-state index >= 15 is 0 Å². The fourth-order valence-electron chi connectivity index (χ4n) is 7.52. The summed E-state index contributed by atoms with van der Waals surface area (Å²) >= 11 is 1.51. The minimum Gasteiger partial charge on any atom is -0.379 e. The number of likely N-dealkylation sites (N-methyl/N-ethyl adjacent to an activating group) is 1. The Morgan fingerprint density at radius 1 is 1.06 bits per heavy atom. The highest BCUT2D eigenvalue weighted by atomic mass is 32.1. The molecule has 1 aromatic carbocycles. The van der Waals surface area contributed by atoms with Gasteiger partial charge in [0, 0.05) is 39.4 Å². The number of nitrogens with one attached hydrogen (secondary N) is 2. The SMILES string of the molecule is CCC.COC(CC(=O)N1CCCC1C(OC)C(C)C(=O)NC(Cc1ccccc1)c1nccs1)C(C1CCCC1)N(C)C(=O)CNC(=O)C(C)(C)N. The van der Waals surface area contributed by atoms with Crippen LogP contribution in [0.1, 0.15) is 103 Å². The van der Waals surface area contributed by atoms with Gasteiger partial charge in [0.15, 0.2) is 0 Å². The van der Waals surface area contributed by atoms with Crippen molar-refractivity contribution in [2.75, 3.05) is 34.4 Å². The van der Waals surface area contributed by atoms with Gasteiger partial charge in [-0.15, -0.1) is 11.3 Å². The Balaban J connectivity index is 0.00000243. The summed E-state index contributed by atoms with van der Waals surface area (Å²) in [4.78, 5) is 61.6. The lowest BCUT2D eigenvalue weighted by Crippen LogP contribution is -2.56. The van der Waals surface area contributed by atoms with Crippen molar-refractivity contribution in [2.45, 2.75) is 128 Å². The molecular formula is C40H64N6O6S. The van der Waals surface area contributed by atoms with Gasteiger partial charge in [-0.2, -0.15) is 0 Å². The molecule has 6 atom stereocenters. The standard InChI is InChI=1S/C37H56N6O6S.C3H8/c1-24(34(46)41-27(35-39-18-20-50-35)21-25-13-8-7-9-14-25)33(49-6)28-17-12-19-43(28)30(44)22-29(48-5)32(26-15-10-11-16-26)42(4)31(45)23-40-36(47)37(2,3)38;1-3-2/h7-9,13-14,18,20,24,26-29,32-33H,10-12,15-17,19,21-23,38H2,1-6H3,(H,40,47)(H,41,46);3H2,1-2H3. The molecule has 4 amide bonds. The van der Waals surface area contributed by atoms with E-state index in [1.165, 1.54) is 17.8 Å². The van der Waals surface area contributed by atoms with Crippen LogP contribution in [0.15, 0.2) is 41.9 Å². The van der Waals surface area contributed by atoms with Crippen LogP contribution >= 0.6 is 11.3 Å². The van der Waals surface area contributed by atoms with E-state index in [1.807, 2.05) is 47.5 Å². The smallest absolute Gasteiger partial charge is 0.242 e. The van der Waals surface area contributed by atoms with Crippen molar-refractivity contribution in [2.24, 2.45) is 17.6 Å². The minimum atomic E-state index is -1.11. The lowest BCUT2D eigenvalue weighted by Gasteiger charge is -2.39. The van der Waals surface area contributed by atoms with Gasteiger partial charge in [-0.25, -0.2) is 4.98 Å². The number of hydrogen-bond acceptors (Lipinski definition) is 9. The number of carbonyl (C=O) groups is 4. The molecule has 53 heavy (non-hydrogen) atoms. The molecule has 4 rings (SSSR count). The van der Waals surface area contributed by atoms with Crippen LogP contribution in [0.3, 0.4) is 0 Å². The van der Waals surface area contributed by atoms with Gasteiger partial charge >= 0.3 is 0 Å².